The molecule has 0 spiro atoms. The summed E-state index contributed by atoms with van der Waals surface area (Å²) in [6.07, 6.45) is 0. The van der Waals surface area contributed by atoms with Gasteiger partial charge in [0.1, 0.15) is 5.69 Å². The fourth-order valence-corrected chi connectivity index (χ4v) is 3.14. The fraction of sp³-hybridized carbons (Fsp3) is 0.375. The van der Waals surface area contributed by atoms with Crippen LogP contribution in [0.1, 0.15) is 41.1 Å². The predicted molar refractivity (Wildman–Crippen MR) is 84.8 cm³/mol. The molecule has 1 aromatic heterocycles. The van der Waals surface area contributed by atoms with Gasteiger partial charge in [-0.15, -0.1) is 0 Å². The second-order valence-corrected chi connectivity index (χ2v) is 5.85. The second kappa shape index (κ2) is 4.91. The van der Waals surface area contributed by atoms with Gasteiger partial charge in [-0.25, -0.2) is 4.98 Å². The molecule has 1 unspecified atom stereocenters. The molecule has 1 aromatic carbocycles. The second-order valence-electron chi connectivity index (χ2n) is 5.85. The van der Waals surface area contributed by atoms with Crippen molar-refractivity contribution < 1.29 is 0 Å². The minimum absolute atomic E-state index is 0.157. The molecular formula is C16H20N4O. The van der Waals surface area contributed by atoms with E-state index in [2.05, 4.69) is 54.3 Å². The van der Waals surface area contributed by atoms with E-state index in [1.165, 1.54) is 16.7 Å². The van der Waals surface area contributed by atoms with Gasteiger partial charge >= 0.3 is 0 Å². The van der Waals surface area contributed by atoms with Crippen LogP contribution in [0.4, 0.5) is 11.6 Å². The maximum absolute atomic E-state index is 11.9. The van der Waals surface area contributed by atoms with Crippen LogP contribution >= 0.6 is 0 Å². The molecule has 110 valence electrons. The number of benzene rings is 1. The summed E-state index contributed by atoms with van der Waals surface area (Å²) in [5, 5.41) is 3.17. The maximum Gasteiger partial charge on any atom is 0.275 e. The number of rotatable bonds is 2. The zero-order valence-corrected chi connectivity index (χ0v) is 12.5. The lowest BCUT2D eigenvalue weighted by Crippen LogP contribution is -2.15. The topological polar surface area (TPSA) is 83.8 Å². The summed E-state index contributed by atoms with van der Waals surface area (Å²) in [6, 6.07) is 6.48. The number of hydrogen-bond acceptors (Lipinski definition) is 4. The molecule has 4 N–H and O–H groups in total. The Labute approximate surface area is 123 Å². The van der Waals surface area contributed by atoms with Gasteiger partial charge in [-0.1, -0.05) is 30.7 Å². The SMILES string of the molecule is Cc1ccc(C)c([C@H](C)C2CNc3c2nc(N)[nH]c3=O)c1. The van der Waals surface area contributed by atoms with Gasteiger partial charge in [0.25, 0.3) is 5.56 Å². The average Bonchev–Trinajstić information content (AvgIpc) is 2.84. The fourth-order valence-electron chi connectivity index (χ4n) is 3.14. The monoisotopic (exact) mass is 284 g/mol. The Morgan fingerprint density at radius 3 is 2.90 bits per heavy atom. The molecule has 5 nitrogen and oxygen atoms in total. The van der Waals surface area contributed by atoms with Crippen molar-refractivity contribution in [3.8, 4) is 0 Å². The zero-order valence-electron chi connectivity index (χ0n) is 12.5. The molecule has 1 aliphatic heterocycles. The Bertz CT molecular complexity index is 750. The Hall–Kier alpha value is -2.30. The number of nitrogen functional groups attached to an aromatic ring is 1. The number of H-pyrrole nitrogens is 1. The van der Waals surface area contributed by atoms with Crippen LogP contribution in [0.5, 0.6) is 0 Å². The Balaban J connectivity index is 2.04. The van der Waals surface area contributed by atoms with Gasteiger partial charge in [-0.2, -0.15) is 0 Å². The van der Waals surface area contributed by atoms with E-state index in [9.17, 15) is 4.79 Å². The number of nitrogens with one attached hydrogen (secondary N) is 2. The standard InChI is InChI=1S/C16H20N4O/c1-8-4-5-9(2)11(6-8)10(3)12-7-18-14-13(12)19-16(17)20-15(14)21/h4-6,10,12,18H,7H2,1-3H3,(H3,17,19,20,21)/t10-,12?/m0/s1. The lowest BCUT2D eigenvalue weighted by Gasteiger charge is -2.21. The van der Waals surface area contributed by atoms with Crippen molar-refractivity contribution in [2.75, 3.05) is 17.6 Å². The van der Waals surface area contributed by atoms with Gasteiger partial charge in [-0.3, -0.25) is 9.78 Å². The molecule has 2 heterocycles. The number of hydrogen-bond donors (Lipinski definition) is 3. The summed E-state index contributed by atoms with van der Waals surface area (Å²) >= 11 is 0. The van der Waals surface area contributed by atoms with Crippen LogP contribution in [-0.4, -0.2) is 16.5 Å². The molecule has 2 atom stereocenters. The molecule has 1 aliphatic rings. The number of fused-ring (bicyclic) bond motifs is 1. The van der Waals surface area contributed by atoms with Crippen LogP contribution in [0.15, 0.2) is 23.0 Å². The van der Waals surface area contributed by atoms with E-state index >= 15 is 0 Å². The van der Waals surface area contributed by atoms with Gasteiger partial charge < -0.3 is 11.1 Å². The molecule has 0 fully saturated rings. The number of nitrogens with zero attached hydrogens (tertiary/aromatic N) is 1. The number of nitrogens with two attached hydrogens (primary N) is 1. The quantitative estimate of drug-likeness (QED) is 0.790. The summed E-state index contributed by atoms with van der Waals surface area (Å²) in [5.74, 6) is 0.609. The Morgan fingerprint density at radius 2 is 2.14 bits per heavy atom. The third-order valence-corrected chi connectivity index (χ3v) is 4.34. The van der Waals surface area contributed by atoms with Crippen LogP contribution in [0.2, 0.25) is 0 Å². The van der Waals surface area contributed by atoms with Crippen LogP contribution < -0.4 is 16.6 Å². The summed E-state index contributed by atoms with van der Waals surface area (Å²) in [4.78, 5) is 18.8. The first-order valence-corrected chi connectivity index (χ1v) is 7.18. The lowest BCUT2D eigenvalue weighted by atomic mass is 9.83. The van der Waals surface area contributed by atoms with Crippen molar-refractivity contribution in [1.82, 2.24) is 9.97 Å². The van der Waals surface area contributed by atoms with E-state index < -0.39 is 0 Å². The van der Waals surface area contributed by atoms with Crippen molar-refractivity contribution in [2.24, 2.45) is 0 Å². The number of aromatic amines is 1. The van der Waals surface area contributed by atoms with E-state index in [4.69, 9.17) is 5.73 Å². The predicted octanol–water partition coefficient (Wildman–Crippen LogP) is 2.28. The van der Waals surface area contributed by atoms with E-state index in [0.717, 1.165) is 5.69 Å². The van der Waals surface area contributed by atoms with Crippen molar-refractivity contribution >= 4 is 11.6 Å². The molecule has 3 rings (SSSR count). The summed E-state index contributed by atoms with van der Waals surface area (Å²) in [6.45, 7) is 7.11. The van der Waals surface area contributed by atoms with Crippen molar-refractivity contribution in [1.29, 1.82) is 0 Å². The minimum Gasteiger partial charge on any atom is -0.378 e. The first kappa shape index (κ1) is 13.7. The van der Waals surface area contributed by atoms with Gasteiger partial charge in [-0.05, 0) is 30.9 Å². The van der Waals surface area contributed by atoms with E-state index in [1.807, 2.05) is 0 Å². The maximum atomic E-state index is 11.9. The minimum atomic E-state index is -0.187. The van der Waals surface area contributed by atoms with Gasteiger partial charge in [0.05, 0.1) is 5.69 Å². The van der Waals surface area contributed by atoms with Crippen LogP contribution in [0, 0.1) is 13.8 Å². The highest BCUT2D eigenvalue weighted by Crippen LogP contribution is 2.39. The largest absolute Gasteiger partial charge is 0.378 e. The number of aryl methyl sites for hydroxylation is 2. The molecular weight excluding hydrogens is 264 g/mol. The summed E-state index contributed by atoms with van der Waals surface area (Å²) in [5.41, 5.74) is 10.7. The molecule has 5 heteroatoms. The normalized spacial score (nSPS) is 18.1. The Kier molecular flexibility index (Phi) is 3.20. The molecule has 2 aromatic rings. The van der Waals surface area contributed by atoms with Crippen LogP contribution in [0.25, 0.3) is 0 Å². The summed E-state index contributed by atoms with van der Waals surface area (Å²) < 4.78 is 0. The highest BCUT2D eigenvalue weighted by atomic mass is 16.1. The highest BCUT2D eigenvalue weighted by Gasteiger charge is 2.32. The first-order valence-electron chi connectivity index (χ1n) is 7.18. The molecule has 0 bridgehead atoms. The molecule has 0 saturated carbocycles. The van der Waals surface area contributed by atoms with Gasteiger partial charge in [0.15, 0.2) is 0 Å². The first-order chi connectivity index (χ1) is 9.97. The molecule has 0 radical (unpaired) electrons. The number of anilines is 2. The zero-order chi connectivity index (χ0) is 15.1. The number of aromatic nitrogens is 2. The summed E-state index contributed by atoms with van der Waals surface area (Å²) in [7, 11) is 0. The van der Waals surface area contributed by atoms with E-state index in [1.54, 1.807) is 0 Å². The highest BCUT2D eigenvalue weighted by molar-refractivity contribution is 5.56. The van der Waals surface area contributed by atoms with Crippen LogP contribution in [-0.2, 0) is 0 Å². The van der Waals surface area contributed by atoms with Crippen molar-refractivity contribution in [3.05, 3.63) is 50.9 Å². The van der Waals surface area contributed by atoms with Crippen LogP contribution in [0.3, 0.4) is 0 Å². The smallest absolute Gasteiger partial charge is 0.275 e. The van der Waals surface area contributed by atoms with E-state index in [0.29, 0.717) is 12.2 Å². The molecule has 0 amide bonds. The molecule has 0 saturated heterocycles. The third kappa shape index (κ3) is 2.28. The van der Waals surface area contributed by atoms with Gasteiger partial charge in [0.2, 0.25) is 5.95 Å². The van der Waals surface area contributed by atoms with Crippen molar-refractivity contribution in [3.63, 3.8) is 0 Å². The lowest BCUT2D eigenvalue weighted by molar-refractivity contribution is 0.604. The third-order valence-electron chi connectivity index (χ3n) is 4.34. The average molecular weight is 284 g/mol. The molecule has 21 heavy (non-hydrogen) atoms. The van der Waals surface area contributed by atoms with Gasteiger partial charge in [0, 0.05) is 12.5 Å². The Morgan fingerprint density at radius 1 is 1.38 bits per heavy atom. The van der Waals surface area contributed by atoms with Crippen molar-refractivity contribution in [2.45, 2.75) is 32.6 Å². The molecule has 0 aliphatic carbocycles. The van der Waals surface area contributed by atoms with E-state index in [-0.39, 0.29) is 23.3 Å².